The van der Waals surface area contributed by atoms with Crippen LogP contribution in [0.25, 0.3) is 33.6 Å². The second-order valence-electron chi connectivity index (χ2n) is 10.3. The maximum atomic E-state index is 13.6. The van der Waals surface area contributed by atoms with Crippen molar-refractivity contribution in [2.24, 2.45) is 0 Å². The molecule has 5 rings (SSSR count). The van der Waals surface area contributed by atoms with E-state index in [2.05, 4.69) is 21.7 Å². The molecule has 1 fully saturated rings. The predicted molar refractivity (Wildman–Crippen MR) is 146 cm³/mol. The van der Waals surface area contributed by atoms with Crippen LogP contribution in [0.3, 0.4) is 0 Å². The number of nitrogens with zero attached hydrogens (tertiary/aromatic N) is 2. The van der Waals surface area contributed by atoms with E-state index >= 15 is 0 Å². The van der Waals surface area contributed by atoms with E-state index in [-0.39, 0.29) is 11.4 Å². The number of pyridine rings is 1. The summed E-state index contributed by atoms with van der Waals surface area (Å²) < 4.78 is 59.5. The molecule has 0 atom stereocenters. The van der Waals surface area contributed by atoms with Crippen LogP contribution in [0.4, 0.5) is 17.6 Å². The number of benzene rings is 2. The molecule has 212 valence electrons. The van der Waals surface area contributed by atoms with Crippen molar-refractivity contribution in [3.8, 4) is 28.5 Å². The number of nitrogens with one attached hydrogen (secondary N) is 2. The highest BCUT2D eigenvalue weighted by Gasteiger charge is 2.35. The molecule has 2 heterocycles. The number of aryl methyl sites for hydroxylation is 1. The van der Waals surface area contributed by atoms with Gasteiger partial charge in [0.1, 0.15) is 17.1 Å². The number of rotatable bonds is 8. The minimum absolute atomic E-state index is 0.168. The largest absolute Gasteiger partial charge is 0.437 e. The lowest BCUT2D eigenvalue weighted by Crippen LogP contribution is -2.45. The average molecular weight is 565 g/mol. The number of halogens is 4. The SMILES string of the molecule is CNCc1c(-c2ccc(F)cc2)oc2nc(CCC(F)(F)F)c(-c3cccc(C(=O)NC4(C#N)CCCC4)c3)cc12. The number of nitriles is 1. The molecule has 0 bridgehead atoms. The molecule has 0 radical (unpaired) electrons. The van der Waals surface area contributed by atoms with Crippen LogP contribution in [0.2, 0.25) is 0 Å². The zero-order chi connectivity index (χ0) is 29.2. The van der Waals surface area contributed by atoms with Gasteiger partial charge in [0.05, 0.1) is 11.8 Å². The van der Waals surface area contributed by atoms with Crippen LogP contribution in [0.15, 0.2) is 59.0 Å². The fourth-order valence-electron chi connectivity index (χ4n) is 5.36. The Kier molecular flexibility index (Phi) is 7.82. The molecule has 4 aromatic rings. The fraction of sp³-hybridized carbons (Fsp3) is 0.323. The van der Waals surface area contributed by atoms with Gasteiger partial charge in [-0.2, -0.15) is 18.4 Å². The van der Waals surface area contributed by atoms with Crippen molar-refractivity contribution >= 4 is 17.0 Å². The van der Waals surface area contributed by atoms with Crippen LogP contribution in [0, 0.1) is 17.1 Å². The van der Waals surface area contributed by atoms with Gasteiger partial charge >= 0.3 is 6.18 Å². The number of hydrogen-bond donors (Lipinski definition) is 2. The van der Waals surface area contributed by atoms with Gasteiger partial charge in [-0.05, 0) is 87.2 Å². The fourth-order valence-corrected chi connectivity index (χ4v) is 5.36. The number of alkyl halides is 3. The number of hydrogen-bond acceptors (Lipinski definition) is 5. The van der Waals surface area contributed by atoms with Crippen molar-refractivity contribution in [2.75, 3.05) is 7.05 Å². The molecule has 1 aliphatic carbocycles. The maximum Gasteiger partial charge on any atom is 0.389 e. The Morgan fingerprint density at radius 2 is 1.83 bits per heavy atom. The highest BCUT2D eigenvalue weighted by molar-refractivity contribution is 5.97. The first-order valence-corrected chi connectivity index (χ1v) is 13.4. The zero-order valence-corrected chi connectivity index (χ0v) is 22.4. The van der Waals surface area contributed by atoms with E-state index in [0.29, 0.717) is 52.8 Å². The van der Waals surface area contributed by atoms with Gasteiger partial charge in [0.15, 0.2) is 0 Å². The molecular formula is C31H28F4N4O2. The van der Waals surface area contributed by atoms with Crippen LogP contribution in [-0.2, 0) is 13.0 Å². The van der Waals surface area contributed by atoms with Crippen LogP contribution in [-0.4, -0.2) is 29.7 Å². The van der Waals surface area contributed by atoms with E-state index in [1.165, 1.54) is 12.1 Å². The summed E-state index contributed by atoms with van der Waals surface area (Å²) in [5.41, 5.74) is 1.99. The summed E-state index contributed by atoms with van der Waals surface area (Å²) >= 11 is 0. The first kappa shape index (κ1) is 28.3. The van der Waals surface area contributed by atoms with Gasteiger partial charge in [0, 0.05) is 40.6 Å². The molecule has 0 saturated heterocycles. The van der Waals surface area contributed by atoms with E-state index in [1.807, 2.05) is 0 Å². The summed E-state index contributed by atoms with van der Waals surface area (Å²) in [5, 5.41) is 16.2. The molecule has 0 unspecified atom stereocenters. The summed E-state index contributed by atoms with van der Waals surface area (Å²) in [7, 11) is 1.75. The molecule has 2 aromatic carbocycles. The van der Waals surface area contributed by atoms with Crippen molar-refractivity contribution in [1.82, 2.24) is 15.6 Å². The van der Waals surface area contributed by atoms with Crippen molar-refractivity contribution < 1.29 is 26.8 Å². The third-order valence-corrected chi connectivity index (χ3v) is 7.43. The standard InChI is InChI=1S/C31H28F4N4O2/c1-37-17-25-24-16-23(20-5-4-6-21(15-20)28(40)39-30(18-36)12-2-3-13-30)26(11-14-31(33,34)35)38-29(24)41-27(25)19-7-9-22(32)10-8-19/h4-10,15-16,37H,2-3,11-14,17H2,1H3,(H,39,40). The summed E-state index contributed by atoms with van der Waals surface area (Å²) in [5.74, 6) is -0.390. The first-order chi connectivity index (χ1) is 19.6. The van der Waals surface area contributed by atoms with Gasteiger partial charge < -0.3 is 15.1 Å². The number of aromatic nitrogens is 1. The molecular weight excluding hydrogens is 536 g/mol. The minimum atomic E-state index is -4.40. The van der Waals surface area contributed by atoms with E-state index in [9.17, 15) is 27.6 Å². The molecule has 1 amide bonds. The molecule has 0 aliphatic heterocycles. The Bertz CT molecular complexity index is 1610. The Morgan fingerprint density at radius 1 is 1.10 bits per heavy atom. The number of carbonyl (C=O) groups is 1. The average Bonchev–Trinajstić information content (AvgIpc) is 3.56. The lowest BCUT2D eigenvalue weighted by molar-refractivity contribution is -0.134. The number of amides is 1. The van der Waals surface area contributed by atoms with E-state index in [0.717, 1.165) is 18.4 Å². The van der Waals surface area contributed by atoms with Crippen molar-refractivity contribution in [1.29, 1.82) is 5.26 Å². The predicted octanol–water partition coefficient (Wildman–Crippen LogP) is 7.08. The second-order valence-corrected chi connectivity index (χ2v) is 10.3. The van der Waals surface area contributed by atoms with Gasteiger partial charge in [-0.1, -0.05) is 12.1 Å². The lowest BCUT2D eigenvalue weighted by Gasteiger charge is -2.22. The first-order valence-electron chi connectivity index (χ1n) is 13.4. The van der Waals surface area contributed by atoms with Crippen LogP contribution >= 0.6 is 0 Å². The molecule has 41 heavy (non-hydrogen) atoms. The zero-order valence-electron chi connectivity index (χ0n) is 22.4. The van der Waals surface area contributed by atoms with E-state index in [4.69, 9.17) is 4.42 Å². The Morgan fingerprint density at radius 3 is 2.49 bits per heavy atom. The monoisotopic (exact) mass is 564 g/mol. The smallest absolute Gasteiger partial charge is 0.389 e. The van der Waals surface area contributed by atoms with Gasteiger partial charge in [0.2, 0.25) is 5.71 Å². The molecule has 10 heteroatoms. The molecule has 1 aliphatic rings. The number of carbonyl (C=O) groups excluding carboxylic acids is 1. The summed E-state index contributed by atoms with van der Waals surface area (Å²) in [6, 6.07) is 16.3. The van der Waals surface area contributed by atoms with Crippen molar-refractivity contribution in [2.45, 2.75) is 56.8 Å². The molecule has 2 N–H and O–H groups in total. The van der Waals surface area contributed by atoms with E-state index < -0.39 is 36.3 Å². The lowest BCUT2D eigenvalue weighted by atomic mass is 9.96. The molecule has 2 aromatic heterocycles. The Hall–Kier alpha value is -4.23. The highest BCUT2D eigenvalue weighted by atomic mass is 19.4. The third kappa shape index (κ3) is 6.10. The number of fused-ring (bicyclic) bond motifs is 1. The number of furan rings is 1. The molecule has 1 saturated carbocycles. The van der Waals surface area contributed by atoms with Gasteiger partial charge in [-0.15, -0.1) is 0 Å². The summed E-state index contributed by atoms with van der Waals surface area (Å²) in [4.78, 5) is 17.7. The molecule has 6 nitrogen and oxygen atoms in total. The third-order valence-electron chi connectivity index (χ3n) is 7.43. The Labute approximate surface area is 234 Å². The van der Waals surface area contributed by atoms with Crippen molar-refractivity contribution in [3.63, 3.8) is 0 Å². The van der Waals surface area contributed by atoms with E-state index in [1.54, 1.807) is 49.5 Å². The van der Waals surface area contributed by atoms with Crippen LogP contribution < -0.4 is 10.6 Å². The van der Waals surface area contributed by atoms with Crippen LogP contribution in [0.1, 0.15) is 53.7 Å². The highest BCUT2D eigenvalue weighted by Crippen LogP contribution is 2.38. The quantitative estimate of drug-likeness (QED) is 0.223. The van der Waals surface area contributed by atoms with Gasteiger partial charge in [-0.3, -0.25) is 4.79 Å². The minimum Gasteiger partial charge on any atom is -0.437 e. The second kappa shape index (κ2) is 11.3. The summed E-state index contributed by atoms with van der Waals surface area (Å²) in [6.07, 6.45) is -3.04. The van der Waals surface area contributed by atoms with Gasteiger partial charge in [-0.25, -0.2) is 9.37 Å². The maximum absolute atomic E-state index is 13.6. The van der Waals surface area contributed by atoms with Gasteiger partial charge in [0.25, 0.3) is 5.91 Å². The Balaban J connectivity index is 1.61. The topological polar surface area (TPSA) is 90.9 Å². The van der Waals surface area contributed by atoms with Crippen molar-refractivity contribution in [3.05, 3.63) is 77.2 Å². The molecule has 0 spiro atoms. The summed E-state index contributed by atoms with van der Waals surface area (Å²) in [6.45, 7) is 0.363. The normalized spacial score (nSPS) is 14.7. The van der Waals surface area contributed by atoms with Crippen LogP contribution in [0.5, 0.6) is 0 Å².